The summed E-state index contributed by atoms with van der Waals surface area (Å²) in [5, 5.41) is 3.16. The van der Waals surface area contributed by atoms with E-state index in [-0.39, 0.29) is 11.2 Å². The van der Waals surface area contributed by atoms with E-state index in [0.29, 0.717) is 29.1 Å². The number of nitrogens with zero attached hydrogens (tertiary/aromatic N) is 4. The van der Waals surface area contributed by atoms with Gasteiger partial charge in [-0.25, -0.2) is 0 Å². The van der Waals surface area contributed by atoms with Crippen molar-refractivity contribution in [1.82, 2.24) is 14.3 Å². The van der Waals surface area contributed by atoms with Crippen LogP contribution in [0, 0.1) is 11.8 Å². The highest BCUT2D eigenvalue weighted by molar-refractivity contribution is 7.09. The van der Waals surface area contributed by atoms with Crippen LogP contribution in [0.1, 0.15) is 53.3 Å². The van der Waals surface area contributed by atoms with Gasteiger partial charge in [0.05, 0.1) is 11.7 Å². The Morgan fingerprint density at radius 1 is 1.22 bits per heavy atom. The number of aromatic nitrogens is 2. The molecule has 0 unspecified atom stereocenters. The van der Waals surface area contributed by atoms with Gasteiger partial charge in [0.25, 0.3) is 0 Å². The van der Waals surface area contributed by atoms with E-state index in [9.17, 15) is 13.2 Å². The number of halogens is 3. The second-order valence-corrected chi connectivity index (χ2v) is 8.36. The van der Waals surface area contributed by atoms with Crippen LogP contribution in [0.25, 0.3) is 0 Å². The smallest absolute Gasteiger partial charge is 0.355 e. The maximum absolute atomic E-state index is 12.8. The largest absolute Gasteiger partial charge is 0.452 e. The molecule has 1 atom stereocenters. The molecule has 0 saturated carbocycles. The van der Waals surface area contributed by atoms with Crippen LogP contribution >= 0.6 is 11.5 Å². The van der Waals surface area contributed by atoms with Gasteiger partial charge in [-0.3, -0.25) is 4.99 Å². The molecule has 0 bridgehead atoms. The lowest BCUT2D eigenvalue weighted by molar-refractivity contribution is -0.144. The number of aliphatic imine (C=N–C) groups is 1. The van der Waals surface area contributed by atoms with Crippen LogP contribution in [-0.2, 0) is 6.18 Å². The predicted molar refractivity (Wildman–Crippen MR) is 104 cm³/mol. The first-order valence-electron chi connectivity index (χ1n) is 9.31. The molecule has 1 aliphatic heterocycles. The van der Waals surface area contributed by atoms with E-state index < -0.39 is 12.0 Å². The third kappa shape index (κ3) is 6.19. The summed E-state index contributed by atoms with van der Waals surface area (Å²) < 4.78 is 41.7. The molecule has 5 nitrogen and oxygen atoms in total. The summed E-state index contributed by atoms with van der Waals surface area (Å²) in [5.41, 5.74) is 0.714. The van der Waals surface area contributed by atoms with Crippen LogP contribution in [0.3, 0.4) is 0 Å². The normalized spacial score (nSPS) is 17.9. The van der Waals surface area contributed by atoms with Crippen LogP contribution < -0.4 is 5.32 Å². The van der Waals surface area contributed by atoms with Crippen molar-refractivity contribution in [2.75, 3.05) is 18.4 Å². The highest BCUT2D eigenvalue weighted by Gasteiger charge is 2.36. The first-order valence-corrected chi connectivity index (χ1v) is 10.1. The van der Waals surface area contributed by atoms with E-state index in [1.165, 1.54) is 0 Å². The molecule has 0 aromatic carbocycles. The molecular formula is C18H28F3N5S. The first kappa shape index (κ1) is 21.7. The molecule has 0 radical (unpaired) electrons. The average molecular weight is 404 g/mol. The topological polar surface area (TPSA) is 53.4 Å². The second kappa shape index (κ2) is 9.03. The Morgan fingerprint density at radius 2 is 1.85 bits per heavy atom. The number of amidine groups is 1. The first-order chi connectivity index (χ1) is 12.6. The number of rotatable bonds is 7. The number of dihydropyridines is 1. The van der Waals surface area contributed by atoms with Crippen molar-refractivity contribution in [3.8, 4) is 0 Å². The molecule has 0 aliphatic carbocycles. The summed E-state index contributed by atoms with van der Waals surface area (Å²) in [6, 6.07) is 0.188. The Labute approximate surface area is 162 Å². The molecule has 0 spiro atoms. The zero-order valence-corrected chi connectivity index (χ0v) is 17.3. The maximum Gasteiger partial charge on any atom is 0.452 e. The second-order valence-electron chi connectivity index (χ2n) is 7.61. The third-order valence-electron chi connectivity index (χ3n) is 4.00. The fraction of sp³-hybridized carbons (Fsp3) is 0.722. The highest BCUT2D eigenvalue weighted by Crippen LogP contribution is 2.30. The van der Waals surface area contributed by atoms with E-state index in [2.05, 4.69) is 54.2 Å². The van der Waals surface area contributed by atoms with E-state index in [1.807, 2.05) is 6.08 Å². The molecule has 0 fully saturated rings. The molecule has 1 aromatic rings. The molecule has 9 heteroatoms. The van der Waals surface area contributed by atoms with Gasteiger partial charge in [0.1, 0.15) is 5.84 Å². The van der Waals surface area contributed by atoms with Crippen molar-refractivity contribution in [1.29, 1.82) is 0 Å². The van der Waals surface area contributed by atoms with Crippen LogP contribution in [0.4, 0.5) is 18.3 Å². The van der Waals surface area contributed by atoms with Gasteiger partial charge < -0.3 is 10.2 Å². The van der Waals surface area contributed by atoms with Gasteiger partial charge in [-0.15, -0.1) is 0 Å². The summed E-state index contributed by atoms with van der Waals surface area (Å²) >= 11 is 0.712. The summed E-state index contributed by atoms with van der Waals surface area (Å²) in [6.45, 7) is 12.3. The maximum atomic E-state index is 12.8. The monoisotopic (exact) mass is 403 g/mol. The minimum atomic E-state index is -4.54. The number of hydrogen-bond donors (Lipinski definition) is 1. The summed E-state index contributed by atoms with van der Waals surface area (Å²) in [7, 11) is 0. The fourth-order valence-corrected chi connectivity index (χ4v) is 3.49. The van der Waals surface area contributed by atoms with Gasteiger partial charge in [-0.05, 0) is 24.7 Å². The number of nitrogens with one attached hydrogen (secondary N) is 1. The zero-order chi connectivity index (χ0) is 20.2. The van der Waals surface area contributed by atoms with E-state index in [0.717, 1.165) is 31.8 Å². The predicted octanol–water partition coefficient (Wildman–Crippen LogP) is 5.05. The Balaban J connectivity index is 2.28. The van der Waals surface area contributed by atoms with Crippen molar-refractivity contribution < 1.29 is 13.2 Å². The SMILES string of the molecule is CC[C@@H]1CC=C(Nc2nc(C(F)(F)F)ns2)C(N(CC(C)C)CC(C)C)=N1. The van der Waals surface area contributed by atoms with Gasteiger partial charge in [0, 0.05) is 24.6 Å². The Bertz CT molecular complexity index is 669. The molecule has 152 valence electrons. The number of hydrogen-bond acceptors (Lipinski definition) is 6. The van der Waals surface area contributed by atoms with E-state index >= 15 is 0 Å². The lowest BCUT2D eigenvalue weighted by Crippen LogP contribution is -2.41. The quantitative estimate of drug-likeness (QED) is 0.692. The molecule has 0 amide bonds. The standard InChI is InChI=1S/C18H28F3N5S/c1-6-13-7-8-14(23-17-24-16(25-27-17)18(19,20)21)15(22-13)26(9-11(2)3)10-12(4)5/h8,11-13H,6-7,9-10H2,1-5H3,(H,23,24,25)/t13-/m1/s1. The molecule has 2 heterocycles. The molecule has 27 heavy (non-hydrogen) atoms. The highest BCUT2D eigenvalue weighted by atomic mass is 32.1. The van der Waals surface area contributed by atoms with Crippen LogP contribution in [-0.4, -0.2) is 39.2 Å². The molecule has 2 rings (SSSR count). The molecule has 0 saturated heterocycles. The Morgan fingerprint density at radius 3 is 2.33 bits per heavy atom. The van der Waals surface area contributed by atoms with Crippen molar-refractivity contribution in [3.63, 3.8) is 0 Å². The summed E-state index contributed by atoms with van der Waals surface area (Å²) in [6.07, 6.45) is -0.853. The van der Waals surface area contributed by atoms with Gasteiger partial charge in [-0.2, -0.15) is 22.5 Å². The third-order valence-corrected chi connectivity index (χ3v) is 4.63. The number of alkyl halides is 3. The summed E-state index contributed by atoms with van der Waals surface area (Å²) in [4.78, 5) is 10.7. The van der Waals surface area contributed by atoms with E-state index in [1.54, 1.807) is 0 Å². The molecular weight excluding hydrogens is 375 g/mol. The van der Waals surface area contributed by atoms with Crippen molar-refractivity contribution in [3.05, 3.63) is 17.6 Å². The minimum absolute atomic E-state index is 0.130. The lowest BCUT2D eigenvalue weighted by atomic mass is 10.1. The van der Waals surface area contributed by atoms with Crippen molar-refractivity contribution in [2.24, 2.45) is 16.8 Å². The van der Waals surface area contributed by atoms with Gasteiger partial charge >= 0.3 is 6.18 Å². The Kier molecular flexibility index (Phi) is 7.25. The van der Waals surface area contributed by atoms with Gasteiger partial charge in [0.15, 0.2) is 0 Å². The van der Waals surface area contributed by atoms with E-state index in [4.69, 9.17) is 4.99 Å². The van der Waals surface area contributed by atoms with Gasteiger partial charge in [0.2, 0.25) is 11.0 Å². The van der Waals surface area contributed by atoms with Crippen LogP contribution in [0.5, 0.6) is 0 Å². The van der Waals surface area contributed by atoms with Crippen molar-refractivity contribution >= 4 is 22.5 Å². The van der Waals surface area contributed by atoms with Crippen LogP contribution in [0.15, 0.2) is 16.8 Å². The van der Waals surface area contributed by atoms with Crippen molar-refractivity contribution in [2.45, 2.75) is 59.7 Å². The average Bonchev–Trinajstić information content (AvgIpc) is 3.02. The van der Waals surface area contributed by atoms with Gasteiger partial charge in [-0.1, -0.05) is 40.7 Å². The molecule has 1 aliphatic rings. The lowest BCUT2D eigenvalue weighted by Gasteiger charge is -2.33. The van der Waals surface area contributed by atoms with Crippen LogP contribution in [0.2, 0.25) is 0 Å². The fourth-order valence-electron chi connectivity index (χ4n) is 2.89. The summed E-state index contributed by atoms with van der Waals surface area (Å²) in [5.74, 6) is 0.568. The molecule has 1 N–H and O–H groups in total. The molecule has 1 aromatic heterocycles. The Hall–Kier alpha value is -1.64. The zero-order valence-electron chi connectivity index (χ0n) is 16.5. The number of anilines is 1. The minimum Gasteiger partial charge on any atom is -0.355 e.